The first-order chi connectivity index (χ1) is 9.22. The Morgan fingerprint density at radius 2 is 2.37 bits per heavy atom. The summed E-state index contributed by atoms with van der Waals surface area (Å²) in [5.41, 5.74) is 2.86. The van der Waals surface area contributed by atoms with E-state index < -0.39 is 6.10 Å². The van der Waals surface area contributed by atoms with Crippen LogP contribution in [0.2, 0.25) is 0 Å². The van der Waals surface area contributed by atoms with E-state index >= 15 is 0 Å². The first kappa shape index (κ1) is 12.1. The highest BCUT2D eigenvalue weighted by Crippen LogP contribution is 2.16. The van der Waals surface area contributed by atoms with Crippen molar-refractivity contribution in [2.75, 3.05) is 11.9 Å². The molecule has 1 unspecified atom stereocenters. The molecule has 3 rings (SSSR count). The standard InChI is InChI=1S/C13H14N4OS/c1-9-2-4-17-12(6-9)15-13(16-17)14-7-11(18)10-3-5-19-8-10/h2-6,8,11,18H,7H2,1H3,(H,14,16). The highest BCUT2D eigenvalue weighted by Gasteiger charge is 2.09. The molecule has 0 aliphatic rings. The van der Waals surface area contributed by atoms with Gasteiger partial charge in [-0.05, 0) is 47.0 Å². The predicted octanol–water partition coefficient (Wildman–Crippen LogP) is 2.24. The second kappa shape index (κ2) is 4.99. The average molecular weight is 274 g/mol. The lowest BCUT2D eigenvalue weighted by Crippen LogP contribution is -2.12. The van der Waals surface area contributed by atoms with E-state index in [1.807, 2.05) is 42.1 Å². The molecule has 3 aromatic rings. The zero-order chi connectivity index (χ0) is 13.2. The third-order valence-corrected chi connectivity index (χ3v) is 3.58. The molecule has 3 heterocycles. The van der Waals surface area contributed by atoms with Gasteiger partial charge in [0, 0.05) is 12.7 Å². The van der Waals surface area contributed by atoms with Crippen LogP contribution in [-0.4, -0.2) is 26.2 Å². The van der Waals surface area contributed by atoms with Crippen LogP contribution in [0.1, 0.15) is 17.2 Å². The van der Waals surface area contributed by atoms with Gasteiger partial charge in [0.1, 0.15) is 0 Å². The lowest BCUT2D eigenvalue weighted by atomic mass is 10.2. The van der Waals surface area contributed by atoms with Gasteiger partial charge < -0.3 is 10.4 Å². The number of fused-ring (bicyclic) bond motifs is 1. The molecule has 1 atom stereocenters. The zero-order valence-electron chi connectivity index (χ0n) is 10.4. The molecule has 0 aromatic carbocycles. The van der Waals surface area contributed by atoms with Gasteiger partial charge in [0.2, 0.25) is 5.95 Å². The number of nitrogens with zero attached hydrogens (tertiary/aromatic N) is 3. The number of aliphatic hydroxyl groups is 1. The zero-order valence-corrected chi connectivity index (χ0v) is 11.3. The number of pyridine rings is 1. The van der Waals surface area contributed by atoms with Gasteiger partial charge in [0.15, 0.2) is 5.65 Å². The van der Waals surface area contributed by atoms with Gasteiger partial charge in [-0.3, -0.25) is 0 Å². The number of nitrogens with one attached hydrogen (secondary N) is 1. The van der Waals surface area contributed by atoms with Crippen molar-refractivity contribution in [3.8, 4) is 0 Å². The number of aryl methyl sites for hydroxylation is 1. The molecular weight excluding hydrogens is 260 g/mol. The molecule has 2 N–H and O–H groups in total. The van der Waals surface area contributed by atoms with Gasteiger partial charge in [0.25, 0.3) is 0 Å². The topological polar surface area (TPSA) is 62.5 Å². The summed E-state index contributed by atoms with van der Waals surface area (Å²) in [4.78, 5) is 4.36. The molecule has 0 amide bonds. The van der Waals surface area contributed by atoms with E-state index in [9.17, 15) is 5.11 Å². The maximum atomic E-state index is 9.97. The van der Waals surface area contributed by atoms with Crippen LogP contribution in [0.3, 0.4) is 0 Å². The number of aromatic nitrogens is 3. The van der Waals surface area contributed by atoms with E-state index in [1.165, 1.54) is 0 Å². The smallest absolute Gasteiger partial charge is 0.243 e. The van der Waals surface area contributed by atoms with E-state index in [4.69, 9.17) is 0 Å². The Balaban J connectivity index is 1.71. The van der Waals surface area contributed by atoms with E-state index in [0.29, 0.717) is 12.5 Å². The maximum absolute atomic E-state index is 9.97. The molecule has 0 saturated heterocycles. The third kappa shape index (κ3) is 2.59. The number of hydrogen-bond donors (Lipinski definition) is 2. The number of thiophene rings is 1. The van der Waals surface area contributed by atoms with Crippen LogP contribution >= 0.6 is 11.3 Å². The summed E-state index contributed by atoms with van der Waals surface area (Å²) >= 11 is 1.57. The fourth-order valence-corrected chi connectivity index (χ4v) is 2.54. The highest BCUT2D eigenvalue weighted by molar-refractivity contribution is 7.07. The van der Waals surface area contributed by atoms with Crippen molar-refractivity contribution in [3.63, 3.8) is 0 Å². The number of aliphatic hydroxyl groups excluding tert-OH is 1. The molecule has 0 spiro atoms. The Labute approximate surface area is 114 Å². The minimum atomic E-state index is -0.542. The summed E-state index contributed by atoms with van der Waals surface area (Å²) in [6.45, 7) is 2.41. The van der Waals surface area contributed by atoms with Crippen molar-refractivity contribution in [1.29, 1.82) is 0 Å². The molecule has 0 saturated carbocycles. The van der Waals surface area contributed by atoms with Crippen LogP contribution in [0.5, 0.6) is 0 Å². The molecule has 0 aliphatic carbocycles. The summed E-state index contributed by atoms with van der Waals surface area (Å²) in [7, 11) is 0. The largest absolute Gasteiger partial charge is 0.387 e. The van der Waals surface area contributed by atoms with Crippen molar-refractivity contribution in [2.24, 2.45) is 0 Å². The average Bonchev–Trinajstić information content (AvgIpc) is 3.04. The Morgan fingerprint density at radius 3 is 3.16 bits per heavy atom. The quantitative estimate of drug-likeness (QED) is 0.766. The van der Waals surface area contributed by atoms with E-state index in [1.54, 1.807) is 15.9 Å². The highest BCUT2D eigenvalue weighted by atomic mass is 32.1. The summed E-state index contributed by atoms with van der Waals surface area (Å²) in [6.07, 6.45) is 1.33. The van der Waals surface area contributed by atoms with Gasteiger partial charge in [-0.25, -0.2) is 4.52 Å². The molecule has 5 nitrogen and oxygen atoms in total. The Morgan fingerprint density at radius 1 is 1.47 bits per heavy atom. The van der Waals surface area contributed by atoms with Crippen LogP contribution < -0.4 is 5.32 Å². The fraction of sp³-hybridized carbons (Fsp3) is 0.231. The summed E-state index contributed by atoms with van der Waals surface area (Å²) in [6, 6.07) is 5.86. The predicted molar refractivity (Wildman–Crippen MR) is 75.5 cm³/mol. The third-order valence-electron chi connectivity index (χ3n) is 2.87. The van der Waals surface area contributed by atoms with Crippen LogP contribution in [0.25, 0.3) is 5.65 Å². The minimum Gasteiger partial charge on any atom is -0.387 e. The summed E-state index contributed by atoms with van der Waals surface area (Å²) in [5, 5.41) is 21.2. The van der Waals surface area contributed by atoms with Gasteiger partial charge in [-0.2, -0.15) is 16.3 Å². The van der Waals surface area contributed by atoms with Gasteiger partial charge in [0.05, 0.1) is 6.10 Å². The van der Waals surface area contributed by atoms with E-state index in [2.05, 4.69) is 15.4 Å². The molecule has 19 heavy (non-hydrogen) atoms. The van der Waals surface area contributed by atoms with Gasteiger partial charge >= 0.3 is 0 Å². The minimum absolute atomic E-state index is 0.395. The van der Waals surface area contributed by atoms with E-state index in [0.717, 1.165) is 16.8 Å². The van der Waals surface area contributed by atoms with Crippen LogP contribution in [0, 0.1) is 6.92 Å². The Hall–Kier alpha value is -1.92. The number of hydrogen-bond acceptors (Lipinski definition) is 5. The first-order valence-corrected chi connectivity index (χ1v) is 6.94. The monoisotopic (exact) mass is 274 g/mol. The van der Waals surface area contributed by atoms with Crippen molar-refractivity contribution in [1.82, 2.24) is 14.6 Å². The summed E-state index contributed by atoms with van der Waals surface area (Å²) in [5.74, 6) is 0.528. The molecular formula is C13H14N4OS. The Bertz CT molecular complexity index is 677. The SMILES string of the molecule is Cc1ccn2nc(NCC(O)c3ccsc3)nc2c1. The lowest BCUT2D eigenvalue weighted by molar-refractivity contribution is 0.192. The second-order valence-corrected chi connectivity index (χ2v) is 5.18. The molecule has 3 aromatic heterocycles. The normalized spacial score (nSPS) is 12.7. The first-order valence-electron chi connectivity index (χ1n) is 5.99. The summed E-state index contributed by atoms with van der Waals surface area (Å²) < 4.78 is 1.71. The molecule has 0 radical (unpaired) electrons. The van der Waals surface area contributed by atoms with Crippen LogP contribution in [0.4, 0.5) is 5.95 Å². The van der Waals surface area contributed by atoms with Crippen LogP contribution in [0.15, 0.2) is 35.2 Å². The van der Waals surface area contributed by atoms with Gasteiger partial charge in [-0.1, -0.05) is 0 Å². The number of rotatable bonds is 4. The molecule has 6 heteroatoms. The van der Waals surface area contributed by atoms with Crippen LogP contribution in [-0.2, 0) is 0 Å². The Kier molecular flexibility index (Phi) is 3.18. The van der Waals surface area contributed by atoms with Gasteiger partial charge in [-0.15, -0.1) is 5.10 Å². The lowest BCUT2D eigenvalue weighted by Gasteiger charge is -2.08. The molecule has 98 valence electrons. The van der Waals surface area contributed by atoms with Crippen molar-refractivity contribution < 1.29 is 5.11 Å². The molecule has 0 bridgehead atoms. The molecule has 0 aliphatic heterocycles. The van der Waals surface area contributed by atoms with Crippen molar-refractivity contribution in [2.45, 2.75) is 13.0 Å². The molecule has 0 fully saturated rings. The number of anilines is 1. The van der Waals surface area contributed by atoms with E-state index in [-0.39, 0.29) is 0 Å². The maximum Gasteiger partial charge on any atom is 0.243 e. The van der Waals surface area contributed by atoms with Crippen molar-refractivity contribution in [3.05, 3.63) is 46.3 Å². The second-order valence-electron chi connectivity index (χ2n) is 4.40. The van der Waals surface area contributed by atoms with Crippen molar-refractivity contribution >= 4 is 22.9 Å². The fourth-order valence-electron chi connectivity index (χ4n) is 1.83.